The second kappa shape index (κ2) is 6.74. The van der Waals surface area contributed by atoms with Crippen molar-refractivity contribution in [2.75, 3.05) is 0 Å². The fourth-order valence-electron chi connectivity index (χ4n) is 2.08. The predicted octanol–water partition coefficient (Wildman–Crippen LogP) is 2.61. The van der Waals surface area contributed by atoms with Gasteiger partial charge in [0.2, 0.25) is 5.91 Å². The summed E-state index contributed by atoms with van der Waals surface area (Å²) in [4.78, 5) is 23.7. The molecule has 116 valence electrons. The molecule has 1 rings (SSSR count). The highest BCUT2D eigenvalue weighted by molar-refractivity contribution is 5.97. The van der Waals surface area contributed by atoms with Crippen molar-refractivity contribution in [2.45, 2.75) is 52.5 Å². The first kappa shape index (κ1) is 17.2. The summed E-state index contributed by atoms with van der Waals surface area (Å²) >= 11 is 0. The number of amides is 2. The van der Waals surface area contributed by atoms with Crippen LogP contribution in [-0.2, 0) is 10.2 Å². The van der Waals surface area contributed by atoms with Crippen LogP contribution in [0.1, 0.15) is 57.0 Å². The normalized spacial score (nSPS) is 14.3. The molecule has 0 heterocycles. The molecule has 2 amide bonds. The number of hydrogen-bond acceptors (Lipinski definition) is 2. The molecule has 0 fully saturated rings. The van der Waals surface area contributed by atoms with Crippen molar-refractivity contribution in [3.8, 4) is 0 Å². The van der Waals surface area contributed by atoms with Gasteiger partial charge in [-0.05, 0) is 29.0 Å². The Hall–Kier alpha value is -1.84. The molecule has 1 aromatic rings. The number of nitrogens with one attached hydrogen (secondary N) is 1. The molecular formula is C17H26N2O2. The molecule has 2 atom stereocenters. The van der Waals surface area contributed by atoms with Crippen molar-refractivity contribution in [2.24, 2.45) is 11.7 Å². The monoisotopic (exact) mass is 290 g/mol. The molecule has 3 N–H and O–H groups in total. The molecule has 0 radical (unpaired) electrons. The van der Waals surface area contributed by atoms with Crippen LogP contribution >= 0.6 is 0 Å². The minimum absolute atomic E-state index is 0.0142. The lowest BCUT2D eigenvalue weighted by Crippen LogP contribution is -2.48. The SMILES string of the molecule is CC[C@H](C)[C@H](NC(=O)c1ccc(C(C)(C)C)cc1)C(N)=O. The molecule has 0 unspecified atom stereocenters. The van der Waals surface area contributed by atoms with Crippen molar-refractivity contribution in [1.82, 2.24) is 5.32 Å². The van der Waals surface area contributed by atoms with Crippen LogP contribution in [0.4, 0.5) is 0 Å². The van der Waals surface area contributed by atoms with E-state index in [-0.39, 0.29) is 17.2 Å². The summed E-state index contributed by atoms with van der Waals surface area (Å²) in [5.74, 6) is -0.746. The van der Waals surface area contributed by atoms with Crippen LogP contribution in [-0.4, -0.2) is 17.9 Å². The minimum Gasteiger partial charge on any atom is -0.368 e. The topological polar surface area (TPSA) is 72.2 Å². The first-order valence-corrected chi connectivity index (χ1v) is 7.37. The summed E-state index contributed by atoms with van der Waals surface area (Å²) in [6, 6.07) is 6.81. The maximum atomic E-state index is 12.2. The third-order valence-corrected chi connectivity index (χ3v) is 3.82. The van der Waals surface area contributed by atoms with E-state index in [9.17, 15) is 9.59 Å². The number of primary amides is 1. The van der Waals surface area contributed by atoms with E-state index in [1.807, 2.05) is 26.0 Å². The molecule has 0 aromatic heterocycles. The molecule has 0 aliphatic heterocycles. The first-order chi connectivity index (χ1) is 9.66. The van der Waals surface area contributed by atoms with Gasteiger partial charge >= 0.3 is 0 Å². The van der Waals surface area contributed by atoms with Crippen molar-refractivity contribution in [3.05, 3.63) is 35.4 Å². The fourth-order valence-corrected chi connectivity index (χ4v) is 2.08. The highest BCUT2D eigenvalue weighted by Crippen LogP contribution is 2.22. The van der Waals surface area contributed by atoms with E-state index in [2.05, 4.69) is 26.1 Å². The highest BCUT2D eigenvalue weighted by atomic mass is 16.2. The van der Waals surface area contributed by atoms with E-state index < -0.39 is 11.9 Å². The smallest absolute Gasteiger partial charge is 0.251 e. The molecule has 0 saturated carbocycles. The average Bonchev–Trinajstić information content (AvgIpc) is 2.42. The molecule has 0 aliphatic carbocycles. The standard InChI is InChI=1S/C17H26N2O2/c1-6-11(2)14(15(18)20)19-16(21)12-7-9-13(10-8-12)17(3,4)5/h7-11,14H,6H2,1-5H3,(H2,18,20)(H,19,21)/t11-,14-/m0/s1. The van der Waals surface area contributed by atoms with Crippen molar-refractivity contribution >= 4 is 11.8 Å². The van der Waals surface area contributed by atoms with Crippen molar-refractivity contribution in [1.29, 1.82) is 0 Å². The van der Waals surface area contributed by atoms with Gasteiger partial charge in [0.15, 0.2) is 0 Å². The van der Waals surface area contributed by atoms with E-state index in [1.165, 1.54) is 0 Å². The van der Waals surface area contributed by atoms with Crippen LogP contribution in [0.3, 0.4) is 0 Å². The molecule has 0 spiro atoms. The zero-order chi connectivity index (χ0) is 16.2. The quantitative estimate of drug-likeness (QED) is 0.875. The zero-order valence-corrected chi connectivity index (χ0v) is 13.6. The molecule has 4 heteroatoms. The third kappa shape index (κ3) is 4.59. The van der Waals surface area contributed by atoms with E-state index in [1.54, 1.807) is 12.1 Å². The summed E-state index contributed by atoms with van der Waals surface area (Å²) in [5, 5.41) is 2.73. The number of benzene rings is 1. The molecule has 1 aromatic carbocycles. The Morgan fingerprint density at radius 3 is 2.10 bits per heavy atom. The maximum absolute atomic E-state index is 12.2. The summed E-state index contributed by atoms with van der Waals surface area (Å²) < 4.78 is 0. The van der Waals surface area contributed by atoms with Crippen LogP contribution in [0.15, 0.2) is 24.3 Å². The Bertz CT molecular complexity index is 501. The number of hydrogen-bond donors (Lipinski definition) is 2. The zero-order valence-electron chi connectivity index (χ0n) is 13.6. The van der Waals surface area contributed by atoms with Gasteiger partial charge in [-0.3, -0.25) is 9.59 Å². The van der Waals surface area contributed by atoms with Gasteiger partial charge in [0.1, 0.15) is 6.04 Å². The second-order valence-corrected chi connectivity index (χ2v) is 6.57. The number of rotatable bonds is 5. The van der Waals surface area contributed by atoms with E-state index in [0.29, 0.717) is 5.56 Å². The Kier molecular flexibility index (Phi) is 5.53. The van der Waals surface area contributed by atoms with E-state index in [0.717, 1.165) is 12.0 Å². The largest absolute Gasteiger partial charge is 0.368 e. The van der Waals surface area contributed by atoms with Gasteiger partial charge in [-0.1, -0.05) is 53.2 Å². The van der Waals surface area contributed by atoms with Gasteiger partial charge in [-0.15, -0.1) is 0 Å². The summed E-state index contributed by atoms with van der Waals surface area (Å²) in [5.41, 5.74) is 7.11. The van der Waals surface area contributed by atoms with Gasteiger partial charge < -0.3 is 11.1 Å². The molecule has 0 bridgehead atoms. The lowest BCUT2D eigenvalue weighted by atomic mass is 9.86. The molecule has 21 heavy (non-hydrogen) atoms. The molecule has 4 nitrogen and oxygen atoms in total. The van der Waals surface area contributed by atoms with Gasteiger partial charge in [-0.25, -0.2) is 0 Å². The Balaban J connectivity index is 2.86. The number of nitrogens with two attached hydrogens (primary N) is 1. The van der Waals surface area contributed by atoms with Gasteiger partial charge in [0.05, 0.1) is 0 Å². The van der Waals surface area contributed by atoms with Crippen LogP contribution in [0.2, 0.25) is 0 Å². The fraction of sp³-hybridized carbons (Fsp3) is 0.529. The Morgan fingerprint density at radius 1 is 1.19 bits per heavy atom. The van der Waals surface area contributed by atoms with Crippen LogP contribution in [0.25, 0.3) is 0 Å². The predicted molar refractivity (Wildman–Crippen MR) is 85.0 cm³/mol. The van der Waals surface area contributed by atoms with Crippen molar-refractivity contribution < 1.29 is 9.59 Å². The Morgan fingerprint density at radius 2 is 1.71 bits per heavy atom. The molecule has 0 saturated heterocycles. The number of carbonyl (C=O) groups excluding carboxylic acids is 2. The van der Waals surface area contributed by atoms with E-state index >= 15 is 0 Å². The van der Waals surface area contributed by atoms with E-state index in [4.69, 9.17) is 5.73 Å². The summed E-state index contributed by atoms with van der Waals surface area (Å²) in [6.45, 7) is 10.2. The lowest BCUT2D eigenvalue weighted by molar-refractivity contribution is -0.120. The first-order valence-electron chi connectivity index (χ1n) is 7.37. The van der Waals surface area contributed by atoms with Gasteiger partial charge in [0, 0.05) is 5.56 Å². The maximum Gasteiger partial charge on any atom is 0.251 e. The second-order valence-electron chi connectivity index (χ2n) is 6.57. The number of carbonyl (C=O) groups is 2. The van der Waals surface area contributed by atoms with Gasteiger partial charge in [-0.2, -0.15) is 0 Å². The van der Waals surface area contributed by atoms with Crippen LogP contribution in [0, 0.1) is 5.92 Å². The average molecular weight is 290 g/mol. The minimum atomic E-state index is -0.634. The molecular weight excluding hydrogens is 264 g/mol. The van der Waals surface area contributed by atoms with Crippen LogP contribution < -0.4 is 11.1 Å². The molecule has 0 aliphatic rings. The summed E-state index contributed by atoms with van der Waals surface area (Å²) in [7, 11) is 0. The highest BCUT2D eigenvalue weighted by Gasteiger charge is 2.24. The van der Waals surface area contributed by atoms with Crippen LogP contribution in [0.5, 0.6) is 0 Å². The van der Waals surface area contributed by atoms with Crippen molar-refractivity contribution in [3.63, 3.8) is 0 Å². The summed E-state index contributed by atoms with van der Waals surface area (Å²) in [6.07, 6.45) is 0.775. The Labute approximate surface area is 127 Å². The van der Waals surface area contributed by atoms with Gasteiger partial charge in [0.25, 0.3) is 5.91 Å². The lowest BCUT2D eigenvalue weighted by Gasteiger charge is -2.22. The third-order valence-electron chi connectivity index (χ3n) is 3.82.